The van der Waals surface area contributed by atoms with Crippen molar-refractivity contribution in [1.29, 1.82) is 0 Å². The molecule has 0 aliphatic heterocycles. The first-order valence-electron chi connectivity index (χ1n) is 2.45. The fourth-order valence-corrected chi connectivity index (χ4v) is 0.427. The molecular weight excluding hydrogens is 250 g/mol. The van der Waals surface area contributed by atoms with E-state index in [0.29, 0.717) is 12.7 Å². The average molecular weight is 256 g/mol. The van der Waals surface area contributed by atoms with Gasteiger partial charge in [0.25, 0.3) is 0 Å². The Morgan fingerprint density at radius 3 is 1.17 bits per heavy atom. The van der Waals surface area contributed by atoms with Gasteiger partial charge in [-0.3, -0.25) is 0 Å². The number of halogens is 2. The molecule has 0 spiro atoms. The predicted octanol–water partition coefficient (Wildman–Crippen LogP) is -0.00530. The Bertz CT molecular complexity index is 194. The van der Waals surface area contributed by atoms with E-state index in [-0.39, 0.29) is 17.8 Å². The van der Waals surface area contributed by atoms with Crippen molar-refractivity contribution in [3.8, 4) is 0 Å². The molecule has 0 amide bonds. The summed E-state index contributed by atoms with van der Waals surface area (Å²) < 4.78 is 0. The molecule has 6 nitrogen and oxygen atoms in total. The van der Waals surface area contributed by atoms with E-state index in [1.54, 1.807) is 0 Å². The van der Waals surface area contributed by atoms with Gasteiger partial charge >= 0.3 is 33.0 Å². The number of anilines is 3. The van der Waals surface area contributed by atoms with Crippen molar-refractivity contribution >= 4 is 38.2 Å². The van der Waals surface area contributed by atoms with Crippen LogP contribution in [0.15, 0.2) is 0 Å². The average Bonchev–Trinajstić information content (AvgIpc) is 1.84. The van der Waals surface area contributed by atoms with Crippen molar-refractivity contribution in [2.45, 2.75) is 0 Å². The second-order valence-corrected chi connectivity index (χ2v) is 3.09. The van der Waals surface area contributed by atoms with Crippen LogP contribution in [0.25, 0.3) is 0 Å². The van der Waals surface area contributed by atoms with Crippen molar-refractivity contribution in [3.05, 3.63) is 0 Å². The summed E-state index contributed by atoms with van der Waals surface area (Å²) in [5, 5.41) is 0. The standard InChI is InChI=1S/C3H6N6.2ClH.Ni/c4-1-7-2(5)9-3(6)8-1;;;/h(H6,4,5,6,7,8,9);2*1H;/q;;;+2/p-2. The summed E-state index contributed by atoms with van der Waals surface area (Å²) in [5.41, 5.74) is 15.4. The van der Waals surface area contributed by atoms with Gasteiger partial charge in [0.2, 0.25) is 17.8 Å². The second kappa shape index (κ2) is 6.05. The molecule has 72 valence electrons. The monoisotopic (exact) mass is 254 g/mol. The van der Waals surface area contributed by atoms with E-state index in [0.717, 1.165) is 0 Å². The molecular formula is C3H6Cl2N6Ni. The van der Waals surface area contributed by atoms with E-state index in [2.05, 4.69) is 15.0 Å². The van der Waals surface area contributed by atoms with E-state index in [9.17, 15) is 0 Å². The molecule has 1 aromatic rings. The van der Waals surface area contributed by atoms with E-state index in [1.165, 1.54) is 0 Å². The first kappa shape index (κ1) is 11.5. The first-order chi connectivity index (χ1) is 5.60. The molecule has 1 rings (SSSR count). The van der Waals surface area contributed by atoms with E-state index < -0.39 is 0 Å². The molecule has 0 bridgehead atoms. The fraction of sp³-hybridized carbons (Fsp3) is 0. The van der Waals surface area contributed by atoms with Crippen molar-refractivity contribution < 1.29 is 12.7 Å². The summed E-state index contributed by atoms with van der Waals surface area (Å²) in [6.07, 6.45) is 0. The molecule has 12 heavy (non-hydrogen) atoms. The van der Waals surface area contributed by atoms with Gasteiger partial charge in [-0.25, -0.2) is 0 Å². The van der Waals surface area contributed by atoms with E-state index >= 15 is 0 Å². The van der Waals surface area contributed by atoms with Crippen molar-refractivity contribution in [2.24, 2.45) is 0 Å². The molecule has 0 atom stereocenters. The Morgan fingerprint density at radius 2 is 1.00 bits per heavy atom. The molecule has 0 saturated heterocycles. The maximum absolute atomic E-state index is 5.14. The Labute approximate surface area is 83.2 Å². The van der Waals surface area contributed by atoms with Crippen LogP contribution < -0.4 is 17.2 Å². The Kier molecular flexibility index (Phi) is 5.79. The van der Waals surface area contributed by atoms with Gasteiger partial charge in [-0.2, -0.15) is 15.0 Å². The van der Waals surface area contributed by atoms with Gasteiger partial charge in [-0.05, 0) is 0 Å². The number of nitrogens with zero attached hydrogens (tertiary/aromatic N) is 3. The van der Waals surface area contributed by atoms with Gasteiger partial charge in [0.1, 0.15) is 0 Å². The van der Waals surface area contributed by atoms with E-state index in [4.69, 9.17) is 37.6 Å². The summed E-state index contributed by atoms with van der Waals surface area (Å²) in [6.45, 7) is 0. The summed E-state index contributed by atoms with van der Waals surface area (Å²) in [4.78, 5) is 10.5. The number of aromatic nitrogens is 3. The zero-order valence-corrected chi connectivity index (χ0v) is 8.15. The summed E-state index contributed by atoms with van der Waals surface area (Å²) in [6, 6.07) is 0. The molecule has 0 aliphatic carbocycles. The molecule has 6 N–H and O–H groups in total. The van der Waals surface area contributed by atoms with Crippen LogP contribution in [0.4, 0.5) is 17.8 Å². The molecule has 0 saturated carbocycles. The Balaban J connectivity index is 0.000000354. The topological polar surface area (TPSA) is 117 Å². The van der Waals surface area contributed by atoms with Gasteiger partial charge in [-0.1, -0.05) is 0 Å². The van der Waals surface area contributed by atoms with Gasteiger partial charge in [0, 0.05) is 0 Å². The number of nitrogens with two attached hydrogens (primary N) is 3. The maximum atomic E-state index is 5.14. The third kappa shape index (κ3) is 5.18. The van der Waals surface area contributed by atoms with Crippen LogP contribution in [0.2, 0.25) is 0 Å². The number of nitrogen functional groups attached to an aromatic ring is 3. The summed E-state index contributed by atoms with van der Waals surface area (Å²) >= 11 is 0.569. The molecule has 0 aromatic carbocycles. The number of hydrogen-bond donors (Lipinski definition) is 3. The minimum atomic E-state index is 0.0417. The second-order valence-electron chi connectivity index (χ2n) is 1.46. The van der Waals surface area contributed by atoms with E-state index in [1.807, 2.05) is 0 Å². The molecule has 0 fully saturated rings. The molecule has 0 aliphatic rings. The predicted molar refractivity (Wildman–Crippen MR) is 44.8 cm³/mol. The molecule has 0 radical (unpaired) electrons. The molecule has 9 heteroatoms. The minimum absolute atomic E-state index is 0.0417. The molecule has 1 aromatic heterocycles. The Hall–Kier alpha value is -0.516. The van der Waals surface area contributed by atoms with Crippen molar-refractivity contribution in [2.75, 3.05) is 17.2 Å². The zero-order valence-electron chi connectivity index (χ0n) is 5.65. The third-order valence-corrected chi connectivity index (χ3v) is 0.687. The van der Waals surface area contributed by atoms with Crippen LogP contribution in [0.5, 0.6) is 0 Å². The van der Waals surface area contributed by atoms with Crippen molar-refractivity contribution in [1.82, 2.24) is 15.0 Å². The Morgan fingerprint density at radius 1 is 0.833 bits per heavy atom. The normalized spacial score (nSPS) is 8.83. The number of rotatable bonds is 0. The summed E-state index contributed by atoms with van der Waals surface area (Å²) in [5.74, 6) is 0.125. The molecule has 1 heterocycles. The van der Waals surface area contributed by atoms with Gasteiger partial charge in [0.15, 0.2) is 0 Å². The van der Waals surface area contributed by atoms with Crippen LogP contribution in [0.1, 0.15) is 0 Å². The van der Waals surface area contributed by atoms with Crippen LogP contribution in [0.3, 0.4) is 0 Å². The van der Waals surface area contributed by atoms with Crippen molar-refractivity contribution in [3.63, 3.8) is 0 Å². The van der Waals surface area contributed by atoms with Gasteiger partial charge in [-0.15, -0.1) is 0 Å². The number of hydrogen-bond acceptors (Lipinski definition) is 6. The molecule has 0 unspecified atom stereocenters. The third-order valence-electron chi connectivity index (χ3n) is 0.687. The van der Waals surface area contributed by atoms with Crippen LogP contribution in [-0.4, -0.2) is 15.0 Å². The first-order valence-corrected chi connectivity index (χ1v) is 5.16. The van der Waals surface area contributed by atoms with Gasteiger partial charge < -0.3 is 17.2 Å². The summed E-state index contributed by atoms with van der Waals surface area (Å²) in [7, 11) is 9.40. The van der Waals surface area contributed by atoms with Crippen LogP contribution in [-0.2, 0) is 12.7 Å². The van der Waals surface area contributed by atoms with Gasteiger partial charge in [0.05, 0.1) is 0 Å². The zero-order chi connectivity index (χ0) is 9.56. The SMILES string of the molecule is Nc1nc(N)nc(N)n1.[Cl][Ni][Cl]. The van der Waals surface area contributed by atoms with Crippen LogP contribution in [0, 0.1) is 0 Å². The quantitative estimate of drug-likeness (QED) is 0.562. The van der Waals surface area contributed by atoms with Crippen LogP contribution >= 0.6 is 20.4 Å². The fourth-order valence-electron chi connectivity index (χ4n) is 0.427.